The number of halogens is 1. The SMILES string of the molecule is CCNC(=NCC1CCCN1CCOC)N1CCC(CC(C)C)C1.I. The summed E-state index contributed by atoms with van der Waals surface area (Å²) in [5.74, 6) is 2.75. The minimum absolute atomic E-state index is 0. The number of aliphatic imine (C=N–C) groups is 1. The fraction of sp³-hybridized carbons (Fsp3) is 0.947. The molecule has 5 nitrogen and oxygen atoms in total. The molecule has 25 heavy (non-hydrogen) atoms. The van der Waals surface area contributed by atoms with E-state index in [1.54, 1.807) is 7.11 Å². The van der Waals surface area contributed by atoms with E-state index in [9.17, 15) is 0 Å². The van der Waals surface area contributed by atoms with Gasteiger partial charge in [-0.1, -0.05) is 13.8 Å². The fourth-order valence-electron chi connectivity index (χ4n) is 4.11. The second kappa shape index (κ2) is 12.3. The molecule has 2 fully saturated rings. The van der Waals surface area contributed by atoms with Crippen molar-refractivity contribution in [2.45, 2.75) is 52.5 Å². The summed E-state index contributed by atoms with van der Waals surface area (Å²) in [6.07, 6.45) is 5.21. The molecule has 0 aliphatic carbocycles. The summed E-state index contributed by atoms with van der Waals surface area (Å²) < 4.78 is 5.24. The maximum Gasteiger partial charge on any atom is 0.193 e. The van der Waals surface area contributed by atoms with E-state index in [0.29, 0.717) is 6.04 Å². The van der Waals surface area contributed by atoms with Crippen LogP contribution in [0.2, 0.25) is 0 Å². The van der Waals surface area contributed by atoms with Gasteiger partial charge < -0.3 is 15.0 Å². The van der Waals surface area contributed by atoms with Gasteiger partial charge in [0.1, 0.15) is 0 Å². The fourth-order valence-corrected chi connectivity index (χ4v) is 4.11. The van der Waals surface area contributed by atoms with Crippen LogP contribution in [0.3, 0.4) is 0 Å². The number of methoxy groups -OCH3 is 1. The summed E-state index contributed by atoms with van der Waals surface area (Å²) in [7, 11) is 1.79. The Kier molecular flexibility index (Phi) is 11.3. The zero-order chi connectivity index (χ0) is 17.4. The first-order chi connectivity index (χ1) is 11.6. The van der Waals surface area contributed by atoms with Crippen LogP contribution in [0.4, 0.5) is 0 Å². The number of nitrogens with zero attached hydrogens (tertiary/aromatic N) is 3. The Balaban J connectivity index is 0.00000312. The molecule has 2 saturated heterocycles. The minimum atomic E-state index is 0. The van der Waals surface area contributed by atoms with E-state index in [0.717, 1.165) is 50.6 Å². The molecule has 148 valence electrons. The van der Waals surface area contributed by atoms with Crippen molar-refractivity contribution in [3.63, 3.8) is 0 Å². The van der Waals surface area contributed by atoms with Crippen LogP contribution in [0, 0.1) is 11.8 Å². The number of nitrogens with one attached hydrogen (secondary N) is 1. The quantitative estimate of drug-likeness (QED) is 0.339. The summed E-state index contributed by atoms with van der Waals surface area (Å²) in [5, 5.41) is 3.51. The van der Waals surface area contributed by atoms with Gasteiger partial charge in [0.25, 0.3) is 0 Å². The molecule has 2 rings (SSSR count). The van der Waals surface area contributed by atoms with Gasteiger partial charge in [0, 0.05) is 39.3 Å². The van der Waals surface area contributed by atoms with Crippen LogP contribution in [-0.4, -0.2) is 74.8 Å². The predicted molar refractivity (Wildman–Crippen MR) is 117 cm³/mol. The van der Waals surface area contributed by atoms with E-state index in [2.05, 4.69) is 35.9 Å². The lowest BCUT2D eigenvalue weighted by atomic mass is 9.97. The highest BCUT2D eigenvalue weighted by molar-refractivity contribution is 14.0. The van der Waals surface area contributed by atoms with Crippen molar-refractivity contribution in [1.82, 2.24) is 15.1 Å². The first-order valence-electron chi connectivity index (χ1n) is 9.90. The highest BCUT2D eigenvalue weighted by Gasteiger charge is 2.27. The molecule has 0 aromatic rings. The molecule has 2 unspecified atom stereocenters. The largest absolute Gasteiger partial charge is 0.383 e. The molecule has 2 heterocycles. The molecule has 2 atom stereocenters. The second-order valence-electron chi connectivity index (χ2n) is 7.75. The Hall–Kier alpha value is -0.0800. The van der Waals surface area contributed by atoms with Crippen LogP contribution in [0.15, 0.2) is 4.99 Å². The Bertz CT molecular complexity index is 392. The molecule has 6 heteroatoms. The third kappa shape index (κ3) is 7.59. The topological polar surface area (TPSA) is 40.1 Å². The van der Waals surface area contributed by atoms with Crippen LogP contribution >= 0.6 is 24.0 Å². The van der Waals surface area contributed by atoms with Crippen LogP contribution < -0.4 is 5.32 Å². The van der Waals surface area contributed by atoms with E-state index in [4.69, 9.17) is 9.73 Å². The van der Waals surface area contributed by atoms with E-state index < -0.39 is 0 Å². The minimum Gasteiger partial charge on any atom is -0.383 e. The average molecular weight is 466 g/mol. The number of ether oxygens (including phenoxy) is 1. The predicted octanol–water partition coefficient (Wildman–Crippen LogP) is 3.05. The van der Waals surface area contributed by atoms with Crippen molar-refractivity contribution >= 4 is 29.9 Å². The molecule has 0 aromatic carbocycles. The Morgan fingerprint density at radius 2 is 2.08 bits per heavy atom. The van der Waals surface area contributed by atoms with Crippen LogP contribution in [0.25, 0.3) is 0 Å². The molecular formula is C19H39IN4O. The maximum atomic E-state index is 5.24. The first-order valence-corrected chi connectivity index (χ1v) is 9.90. The summed E-state index contributed by atoms with van der Waals surface area (Å²) >= 11 is 0. The monoisotopic (exact) mass is 466 g/mol. The van der Waals surface area contributed by atoms with Crippen molar-refractivity contribution < 1.29 is 4.74 Å². The van der Waals surface area contributed by atoms with Crippen LogP contribution in [0.5, 0.6) is 0 Å². The zero-order valence-electron chi connectivity index (χ0n) is 16.7. The Morgan fingerprint density at radius 1 is 1.28 bits per heavy atom. The van der Waals surface area contributed by atoms with E-state index in [1.165, 1.54) is 38.8 Å². The molecule has 0 spiro atoms. The average Bonchev–Trinajstić information content (AvgIpc) is 3.18. The summed E-state index contributed by atoms with van der Waals surface area (Å²) in [5.41, 5.74) is 0. The number of hydrogen-bond acceptors (Lipinski definition) is 3. The standard InChI is InChI=1S/C19H38N4O.HI/c1-5-20-19(23-10-8-17(15-23)13-16(2)3)21-14-18-7-6-9-22(18)11-12-24-4;/h16-18H,5-15H2,1-4H3,(H,20,21);1H. The molecule has 2 aliphatic heterocycles. The molecular weight excluding hydrogens is 427 g/mol. The lowest BCUT2D eigenvalue weighted by molar-refractivity contribution is 0.142. The van der Waals surface area contributed by atoms with Gasteiger partial charge in [-0.2, -0.15) is 0 Å². The molecule has 0 aromatic heterocycles. The molecule has 0 bridgehead atoms. The third-order valence-corrected chi connectivity index (χ3v) is 5.26. The molecule has 0 saturated carbocycles. The highest BCUT2D eigenvalue weighted by Crippen LogP contribution is 2.23. The summed E-state index contributed by atoms with van der Waals surface area (Å²) in [6, 6.07) is 0.586. The Morgan fingerprint density at radius 3 is 2.76 bits per heavy atom. The van der Waals surface area contributed by atoms with Gasteiger partial charge in [-0.05, 0) is 51.0 Å². The zero-order valence-corrected chi connectivity index (χ0v) is 19.0. The highest BCUT2D eigenvalue weighted by atomic mass is 127. The van der Waals surface area contributed by atoms with Gasteiger partial charge in [0.2, 0.25) is 0 Å². The van der Waals surface area contributed by atoms with Gasteiger partial charge in [-0.25, -0.2) is 0 Å². The number of rotatable bonds is 8. The van der Waals surface area contributed by atoms with E-state index in [1.807, 2.05) is 0 Å². The van der Waals surface area contributed by atoms with Crippen LogP contribution in [-0.2, 0) is 4.74 Å². The lowest BCUT2D eigenvalue weighted by Crippen LogP contribution is -2.41. The van der Waals surface area contributed by atoms with Gasteiger partial charge in [0.05, 0.1) is 13.2 Å². The van der Waals surface area contributed by atoms with Gasteiger partial charge in [0.15, 0.2) is 5.96 Å². The molecule has 2 aliphatic rings. The lowest BCUT2D eigenvalue weighted by Gasteiger charge is -2.25. The smallest absolute Gasteiger partial charge is 0.193 e. The number of guanidine groups is 1. The number of hydrogen-bond donors (Lipinski definition) is 1. The summed E-state index contributed by atoms with van der Waals surface area (Å²) in [6.45, 7) is 14.1. The second-order valence-corrected chi connectivity index (χ2v) is 7.75. The molecule has 1 N–H and O–H groups in total. The third-order valence-electron chi connectivity index (χ3n) is 5.26. The normalized spacial score (nSPS) is 24.8. The molecule has 0 amide bonds. The Labute approximate surface area is 172 Å². The molecule has 0 radical (unpaired) electrons. The first kappa shape index (κ1) is 23.0. The van der Waals surface area contributed by atoms with Crippen molar-refractivity contribution in [1.29, 1.82) is 0 Å². The van der Waals surface area contributed by atoms with Crippen molar-refractivity contribution in [3.8, 4) is 0 Å². The summed E-state index contributed by atoms with van der Waals surface area (Å²) in [4.78, 5) is 10.0. The van der Waals surface area contributed by atoms with E-state index >= 15 is 0 Å². The van der Waals surface area contributed by atoms with Crippen molar-refractivity contribution in [3.05, 3.63) is 0 Å². The maximum absolute atomic E-state index is 5.24. The van der Waals surface area contributed by atoms with E-state index in [-0.39, 0.29) is 24.0 Å². The van der Waals surface area contributed by atoms with Gasteiger partial charge in [-0.3, -0.25) is 9.89 Å². The van der Waals surface area contributed by atoms with Crippen molar-refractivity contribution in [2.24, 2.45) is 16.8 Å². The van der Waals surface area contributed by atoms with Gasteiger partial charge in [-0.15, -0.1) is 24.0 Å². The van der Waals surface area contributed by atoms with Crippen LogP contribution in [0.1, 0.15) is 46.5 Å². The van der Waals surface area contributed by atoms with Gasteiger partial charge >= 0.3 is 0 Å². The number of likely N-dealkylation sites (tertiary alicyclic amines) is 2. The van der Waals surface area contributed by atoms with Crippen molar-refractivity contribution in [2.75, 3.05) is 53.0 Å².